The third kappa shape index (κ3) is 7.96. The molecule has 1 aliphatic heterocycles. The summed E-state index contributed by atoms with van der Waals surface area (Å²) >= 11 is 0. The van der Waals surface area contributed by atoms with Gasteiger partial charge in [0.05, 0.1) is 5.41 Å². The average molecular weight is 805 g/mol. The van der Waals surface area contributed by atoms with Gasteiger partial charge in [-0.2, -0.15) is 0 Å². The fraction of sp³-hybridized carbons (Fsp3) is 0.161. The lowest BCUT2D eigenvalue weighted by molar-refractivity contribution is 0.443. The summed E-state index contributed by atoms with van der Waals surface area (Å²) in [7, 11) is 0. The minimum Gasteiger partial charge on any atom is -0.457 e. The zero-order valence-corrected chi connectivity index (χ0v) is 35.5. The zero-order valence-electron chi connectivity index (χ0n) is 35.5. The first-order valence-electron chi connectivity index (χ1n) is 20.7. The Hall–Kier alpha value is -6.85. The normalized spacial score (nSPS) is 15.5. The minimum absolute atomic E-state index is 0.0351. The predicted molar refractivity (Wildman–Crippen MR) is 250 cm³/mol. The molecule has 0 radical (unpaired) electrons. The van der Waals surface area contributed by atoms with Gasteiger partial charge in [-0.15, -0.1) is 0 Å². The molecule has 0 saturated heterocycles. The van der Waals surface area contributed by atoms with Crippen molar-refractivity contribution in [2.24, 2.45) is 4.99 Å². The second-order valence-corrected chi connectivity index (χ2v) is 16.9. The van der Waals surface area contributed by atoms with Gasteiger partial charge < -0.3 is 9.64 Å². The molecule has 0 unspecified atom stereocenters. The molecule has 0 amide bonds. The first kappa shape index (κ1) is 40.9. The number of aryl methyl sites for hydroxylation is 1. The van der Waals surface area contributed by atoms with Crippen molar-refractivity contribution in [3.8, 4) is 16.9 Å². The van der Waals surface area contributed by atoms with Crippen LogP contribution in [-0.4, -0.2) is 12.9 Å². The molecular weight excluding hydrogens is 755 g/mol. The maximum absolute atomic E-state index is 15.7. The number of fused-ring (bicyclic) bond motifs is 5. The van der Waals surface area contributed by atoms with E-state index in [1.54, 1.807) is 24.3 Å². The van der Waals surface area contributed by atoms with Crippen molar-refractivity contribution in [1.29, 1.82) is 0 Å². The van der Waals surface area contributed by atoms with Crippen LogP contribution in [0, 0.1) is 18.6 Å². The number of ether oxygens (including phenoxy) is 1. The molecule has 61 heavy (non-hydrogen) atoms. The van der Waals surface area contributed by atoms with Crippen molar-refractivity contribution < 1.29 is 13.5 Å². The predicted octanol–water partition coefficient (Wildman–Crippen LogP) is 14.3. The van der Waals surface area contributed by atoms with E-state index in [1.165, 1.54) is 17.7 Å². The minimum atomic E-state index is -1.14. The third-order valence-electron chi connectivity index (χ3n) is 11.7. The maximum atomic E-state index is 15.7. The molecule has 0 spiro atoms. The number of nitrogens with zero attached hydrogens (tertiary/aromatic N) is 2. The second kappa shape index (κ2) is 16.7. The van der Waals surface area contributed by atoms with Crippen LogP contribution in [0.1, 0.15) is 72.2 Å². The number of anilines is 2. The highest BCUT2D eigenvalue weighted by atomic mass is 19.1. The lowest BCUT2D eigenvalue weighted by atomic mass is 9.67. The molecule has 8 rings (SSSR count). The average Bonchev–Trinajstić information content (AvgIpc) is 3.57. The van der Waals surface area contributed by atoms with Crippen LogP contribution in [-0.2, 0) is 17.3 Å². The van der Waals surface area contributed by atoms with Gasteiger partial charge in [-0.3, -0.25) is 4.99 Å². The summed E-state index contributed by atoms with van der Waals surface area (Å²) in [4.78, 5) is 7.19. The summed E-state index contributed by atoms with van der Waals surface area (Å²) in [5, 5.41) is 0. The Bertz CT molecular complexity index is 2740. The Balaban J connectivity index is 1.36. The fourth-order valence-corrected chi connectivity index (χ4v) is 8.72. The Morgan fingerprint density at radius 1 is 0.803 bits per heavy atom. The first-order valence-corrected chi connectivity index (χ1v) is 20.7. The highest BCUT2D eigenvalue weighted by Gasteiger charge is 2.49. The Labute approximate surface area is 359 Å². The van der Waals surface area contributed by atoms with E-state index < -0.39 is 5.41 Å². The smallest absolute Gasteiger partial charge is 0.139 e. The van der Waals surface area contributed by atoms with Crippen LogP contribution < -0.4 is 9.64 Å². The zero-order chi connectivity index (χ0) is 42.9. The topological polar surface area (TPSA) is 24.8 Å². The molecule has 3 nitrogen and oxygen atoms in total. The van der Waals surface area contributed by atoms with Gasteiger partial charge in [0.1, 0.15) is 29.8 Å². The summed E-state index contributed by atoms with van der Waals surface area (Å²) in [6.45, 7) is 19.5. The van der Waals surface area contributed by atoms with E-state index in [9.17, 15) is 0 Å². The third-order valence-corrected chi connectivity index (χ3v) is 11.7. The number of hydrogen-bond donors (Lipinski definition) is 0. The molecule has 0 atom stereocenters. The summed E-state index contributed by atoms with van der Waals surface area (Å²) in [6.07, 6.45) is 12.4. The van der Waals surface area contributed by atoms with Crippen LogP contribution in [0.4, 0.5) is 20.2 Å². The van der Waals surface area contributed by atoms with Crippen molar-refractivity contribution >= 4 is 23.2 Å². The van der Waals surface area contributed by atoms with Gasteiger partial charge in [0, 0.05) is 28.7 Å². The van der Waals surface area contributed by atoms with Gasteiger partial charge in [-0.05, 0) is 136 Å². The molecule has 0 bridgehead atoms. The van der Waals surface area contributed by atoms with Gasteiger partial charge in [0.2, 0.25) is 0 Å². The van der Waals surface area contributed by atoms with Gasteiger partial charge in [-0.1, -0.05) is 137 Å². The lowest BCUT2D eigenvalue weighted by Gasteiger charge is -2.35. The summed E-state index contributed by atoms with van der Waals surface area (Å²) in [5.74, 6) is 0.421. The highest BCUT2D eigenvalue weighted by molar-refractivity contribution is 5.93. The van der Waals surface area contributed by atoms with Crippen LogP contribution in [0.25, 0.3) is 16.7 Å². The number of hydrogen-bond acceptors (Lipinski definition) is 3. The van der Waals surface area contributed by atoms with Crippen molar-refractivity contribution in [2.45, 2.75) is 51.9 Å². The van der Waals surface area contributed by atoms with Crippen LogP contribution in [0.5, 0.6) is 5.75 Å². The summed E-state index contributed by atoms with van der Waals surface area (Å²) in [6, 6.07) is 40.7. The van der Waals surface area contributed by atoms with E-state index in [4.69, 9.17) is 9.73 Å². The number of allylic oxidation sites excluding steroid dienone is 7. The monoisotopic (exact) mass is 804 g/mol. The van der Waals surface area contributed by atoms with Crippen LogP contribution in [0.2, 0.25) is 0 Å². The molecule has 304 valence electrons. The van der Waals surface area contributed by atoms with E-state index in [2.05, 4.69) is 100 Å². The van der Waals surface area contributed by atoms with E-state index in [0.717, 1.165) is 61.5 Å². The van der Waals surface area contributed by atoms with E-state index in [0.29, 0.717) is 35.7 Å². The molecule has 0 fully saturated rings. The SMILES string of the molecule is C=C1/C=C\C=C/Cc2c(C)cc3c(c2O1)-c1ccc(N(CN=C/C(C)=C\C(=C)c2ccccc2)c2ccc(C(C)(C)C)cc2)cc1C3(c1cccc(F)c1)c1cccc(F)c1. The Morgan fingerprint density at radius 3 is 2.13 bits per heavy atom. The molecule has 0 saturated carbocycles. The molecule has 6 aromatic rings. The number of rotatable bonds is 9. The molecular formula is C56H50F2N2O. The first-order chi connectivity index (χ1) is 29.3. The molecule has 2 aliphatic rings. The van der Waals surface area contributed by atoms with E-state index >= 15 is 8.78 Å². The summed E-state index contributed by atoms with van der Waals surface area (Å²) < 4.78 is 38.0. The number of aliphatic imine (C=N–C) groups is 1. The largest absolute Gasteiger partial charge is 0.457 e. The van der Waals surface area contributed by atoms with Crippen molar-refractivity contribution in [3.63, 3.8) is 0 Å². The van der Waals surface area contributed by atoms with Gasteiger partial charge in [0.15, 0.2) is 0 Å². The molecule has 0 aromatic heterocycles. The van der Waals surface area contributed by atoms with E-state index in [1.807, 2.05) is 79.9 Å². The summed E-state index contributed by atoms with van der Waals surface area (Å²) in [5.41, 5.74) is 11.7. The van der Waals surface area contributed by atoms with Gasteiger partial charge in [-0.25, -0.2) is 8.78 Å². The lowest BCUT2D eigenvalue weighted by Crippen LogP contribution is -2.29. The van der Waals surface area contributed by atoms with Gasteiger partial charge in [0.25, 0.3) is 0 Å². The van der Waals surface area contributed by atoms with Gasteiger partial charge >= 0.3 is 0 Å². The standard InChI is InChI=1S/C56H50F2N2O/c1-37(30-38(2)41-17-11-9-12-18-41)35-59-36-60(47-26-24-42(25-27-47)55(5,6)7)48-28-29-50-51(34-48)56(43-19-14-21-45(57)32-43,44-20-15-22-46(58)33-44)52-31-39(3)49-23-13-8-10-16-40(4)61-54(49)53(50)52/h8-22,24-35H,2,4,23,36H2,1,3,5-7H3/b13-8-,16-10-,37-30-,59-35?. The van der Waals surface area contributed by atoms with E-state index in [-0.39, 0.29) is 17.0 Å². The highest BCUT2D eigenvalue weighted by Crippen LogP contribution is 2.60. The van der Waals surface area contributed by atoms with Crippen molar-refractivity contribution in [3.05, 3.63) is 238 Å². The molecule has 0 N–H and O–H groups in total. The number of benzene rings is 6. The van der Waals surface area contributed by atoms with Crippen LogP contribution in [0.15, 0.2) is 187 Å². The van der Waals surface area contributed by atoms with Crippen LogP contribution in [0.3, 0.4) is 0 Å². The Kier molecular flexibility index (Phi) is 11.2. The molecule has 1 aliphatic carbocycles. The molecule has 5 heteroatoms. The quantitative estimate of drug-likeness (QED) is 0.107. The van der Waals surface area contributed by atoms with Crippen molar-refractivity contribution in [2.75, 3.05) is 11.6 Å². The Morgan fingerprint density at radius 2 is 1.48 bits per heavy atom. The van der Waals surface area contributed by atoms with Crippen LogP contribution >= 0.6 is 0 Å². The van der Waals surface area contributed by atoms with Crippen molar-refractivity contribution in [1.82, 2.24) is 0 Å². The second-order valence-electron chi connectivity index (χ2n) is 16.9. The molecule has 6 aromatic carbocycles. The number of halogens is 2. The maximum Gasteiger partial charge on any atom is 0.139 e. The fourth-order valence-electron chi connectivity index (χ4n) is 8.72. The molecule has 1 heterocycles.